The fourth-order valence-corrected chi connectivity index (χ4v) is 3.96. The van der Waals surface area contributed by atoms with Crippen LogP contribution in [0.3, 0.4) is 0 Å². The van der Waals surface area contributed by atoms with E-state index in [0.29, 0.717) is 6.42 Å². The second kappa shape index (κ2) is 5.21. The average Bonchev–Trinajstić information content (AvgIpc) is 2.59. The van der Waals surface area contributed by atoms with Crippen molar-refractivity contribution in [3.8, 4) is 5.75 Å². The fourth-order valence-electron chi connectivity index (χ4n) is 2.22. The molecule has 0 saturated carbocycles. The number of rotatable bonds is 3. The van der Waals surface area contributed by atoms with Crippen LogP contribution in [0.4, 0.5) is 0 Å². The topological polar surface area (TPSA) is 29.5 Å². The van der Waals surface area contributed by atoms with Gasteiger partial charge >= 0.3 is 0 Å². The van der Waals surface area contributed by atoms with Gasteiger partial charge in [0, 0.05) is 16.1 Å². The Bertz CT molecular complexity index is 410. The van der Waals surface area contributed by atoms with E-state index in [1.807, 2.05) is 30.0 Å². The van der Waals surface area contributed by atoms with Gasteiger partial charge in [0.15, 0.2) is 0 Å². The summed E-state index contributed by atoms with van der Waals surface area (Å²) in [6.45, 7) is 2.10. The van der Waals surface area contributed by atoms with Crippen LogP contribution in [-0.4, -0.2) is 28.8 Å². The molecule has 0 aliphatic carbocycles. The number of halogens is 1. The normalized spacial score (nSPS) is 28.4. The Morgan fingerprint density at radius 2 is 2.35 bits per heavy atom. The van der Waals surface area contributed by atoms with Gasteiger partial charge in [-0.15, -0.1) is 0 Å². The summed E-state index contributed by atoms with van der Waals surface area (Å²) < 4.78 is 6.38. The third-order valence-corrected chi connectivity index (χ3v) is 5.27. The SMILES string of the molecule is COc1ccc(Br)cc1CC1(O)CCSC1C. The van der Waals surface area contributed by atoms with Crippen molar-refractivity contribution >= 4 is 27.7 Å². The van der Waals surface area contributed by atoms with Gasteiger partial charge < -0.3 is 9.84 Å². The number of benzene rings is 1. The summed E-state index contributed by atoms with van der Waals surface area (Å²) in [6, 6.07) is 5.93. The molecule has 1 aromatic carbocycles. The molecular weight excluding hydrogens is 300 g/mol. The maximum atomic E-state index is 10.6. The first-order chi connectivity index (χ1) is 8.05. The molecule has 1 fully saturated rings. The van der Waals surface area contributed by atoms with Crippen molar-refractivity contribution in [3.05, 3.63) is 28.2 Å². The standard InChI is InChI=1S/C13H17BrO2S/c1-9-13(15,5-6-17-9)8-10-7-11(14)3-4-12(10)16-2/h3-4,7,9,15H,5-6,8H2,1-2H3. The molecule has 0 amide bonds. The zero-order chi connectivity index (χ0) is 12.5. The minimum absolute atomic E-state index is 0.284. The average molecular weight is 317 g/mol. The van der Waals surface area contributed by atoms with Gasteiger partial charge in [0.1, 0.15) is 5.75 Å². The van der Waals surface area contributed by atoms with E-state index in [-0.39, 0.29) is 5.25 Å². The fraction of sp³-hybridized carbons (Fsp3) is 0.538. The summed E-state index contributed by atoms with van der Waals surface area (Å²) in [5, 5.41) is 10.9. The van der Waals surface area contributed by atoms with Gasteiger partial charge in [-0.05, 0) is 35.9 Å². The molecule has 1 aromatic rings. The van der Waals surface area contributed by atoms with Crippen LogP contribution in [0.1, 0.15) is 18.9 Å². The van der Waals surface area contributed by atoms with Crippen molar-refractivity contribution in [1.29, 1.82) is 0 Å². The van der Waals surface area contributed by atoms with Gasteiger partial charge in [-0.3, -0.25) is 0 Å². The lowest BCUT2D eigenvalue weighted by Crippen LogP contribution is -2.37. The lowest BCUT2D eigenvalue weighted by Gasteiger charge is -2.27. The van der Waals surface area contributed by atoms with Crippen LogP contribution in [0.2, 0.25) is 0 Å². The van der Waals surface area contributed by atoms with E-state index >= 15 is 0 Å². The second-order valence-corrected chi connectivity index (χ2v) is 6.86. The Labute approximate surface area is 115 Å². The molecule has 0 radical (unpaired) electrons. The quantitative estimate of drug-likeness (QED) is 0.928. The lowest BCUT2D eigenvalue weighted by atomic mass is 9.89. The summed E-state index contributed by atoms with van der Waals surface area (Å²) in [4.78, 5) is 0. The highest BCUT2D eigenvalue weighted by Crippen LogP contribution is 2.39. The summed E-state index contributed by atoms with van der Waals surface area (Å²) in [5.74, 6) is 1.89. The van der Waals surface area contributed by atoms with Crippen molar-refractivity contribution in [2.45, 2.75) is 30.6 Å². The van der Waals surface area contributed by atoms with Gasteiger partial charge in [-0.2, -0.15) is 11.8 Å². The number of aliphatic hydroxyl groups is 1. The number of ether oxygens (including phenoxy) is 1. The van der Waals surface area contributed by atoms with Crippen molar-refractivity contribution < 1.29 is 9.84 Å². The predicted molar refractivity (Wildman–Crippen MR) is 75.9 cm³/mol. The van der Waals surface area contributed by atoms with E-state index in [0.717, 1.165) is 28.0 Å². The van der Waals surface area contributed by atoms with E-state index in [1.54, 1.807) is 7.11 Å². The molecule has 0 bridgehead atoms. The molecule has 2 rings (SSSR count). The van der Waals surface area contributed by atoms with E-state index < -0.39 is 5.60 Å². The first kappa shape index (κ1) is 13.2. The smallest absolute Gasteiger partial charge is 0.122 e. The van der Waals surface area contributed by atoms with Crippen molar-refractivity contribution in [2.24, 2.45) is 0 Å². The molecular formula is C13H17BrO2S. The predicted octanol–water partition coefficient (Wildman–Crippen LogP) is 3.26. The first-order valence-corrected chi connectivity index (χ1v) is 7.56. The maximum absolute atomic E-state index is 10.6. The molecule has 0 aromatic heterocycles. The third-order valence-electron chi connectivity index (χ3n) is 3.40. The molecule has 1 saturated heterocycles. The minimum Gasteiger partial charge on any atom is -0.496 e. The Kier molecular flexibility index (Phi) is 4.06. The highest BCUT2D eigenvalue weighted by Gasteiger charge is 2.39. The first-order valence-electron chi connectivity index (χ1n) is 5.71. The Morgan fingerprint density at radius 1 is 1.59 bits per heavy atom. The zero-order valence-electron chi connectivity index (χ0n) is 10.1. The van der Waals surface area contributed by atoms with Crippen LogP contribution in [0, 0.1) is 0 Å². The summed E-state index contributed by atoms with van der Waals surface area (Å²) in [7, 11) is 1.67. The van der Waals surface area contributed by atoms with Gasteiger partial charge in [0.25, 0.3) is 0 Å². The van der Waals surface area contributed by atoms with E-state index in [1.165, 1.54) is 0 Å². The molecule has 2 atom stereocenters. The van der Waals surface area contributed by atoms with Crippen LogP contribution >= 0.6 is 27.7 Å². The molecule has 1 heterocycles. The highest BCUT2D eigenvalue weighted by atomic mass is 79.9. The molecule has 1 aliphatic rings. The summed E-state index contributed by atoms with van der Waals surface area (Å²) >= 11 is 5.30. The van der Waals surface area contributed by atoms with E-state index in [4.69, 9.17) is 4.74 Å². The Morgan fingerprint density at radius 3 is 2.94 bits per heavy atom. The molecule has 1 aliphatic heterocycles. The minimum atomic E-state index is -0.598. The molecule has 94 valence electrons. The van der Waals surface area contributed by atoms with Gasteiger partial charge in [-0.25, -0.2) is 0 Å². The van der Waals surface area contributed by atoms with Crippen LogP contribution in [-0.2, 0) is 6.42 Å². The molecule has 2 unspecified atom stereocenters. The van der Waals surface area contributed by atoms with Crippen LogP contribution in [0.25, 0.3) is 0 Å². The molecule has 2 nitrogen and oxygen atoms in total. The molecule has 17 heavy (non-hydrogen) atoms. The molecule has 0 spiro atoms. The van der Waals surface area contributed by atoms with Gasteiger partial charge in [-0.1, -0.05) is 22.9 Å². The summed E-state index contributed by atoms with van der Waals surface area (Å²) in [5.41, 5.74) is 0.470. The number of methoxy groups -OCH3 is 1. The van der Waals surface area contributed by atoms with Crippen LogP contribution in [0.5, 0.6) is 5.75 Å². The lowest BCUT2D eigenvalue weighted by molar-refractivity contribution is 0.0458. The van der Waals surface area contributed by atoms with Crippen molar-refractivity contribution in [2.75, 3.05) is 12.9 Å². The Balaban J connectivity index is 2.25. The third kappa shape index (κ3) is 2.80. The number of hydrogen-bond acceptors (Lipinski definition) is 3. The Hall–Kier alpha value is -0.190. The second-order valence-electron chi connectivity index (χ2n) is 4.50. The monoisotopic (exact) mass is 316 g/mol. The van der Waals surface area contributed by atoms with Crippen molar-refractivity contribution in [1.82, 2.24) is 0 Å². The van der Waals surface area contributed by atoms with E-state index in [2.05, 4.69) is 22.9 Å². The zero-order valence-corrected chi connectivity index (χ0v) is 12.5. The highest BCUT2D eigenvalue weighted by molar-refractivity contribution is 9.10. The largest absolute Gasteiger partial charge is 0.496 e. The number of thioether (sulfide) groups is 1. The molecule has 1 N–H and O–H groups in total. The maximum Gasteiger partial charge on any atom is 0.122 e. The van der Waals surface area contributed by atoms with E-state index in [9.17, 15) is 5.11 Å². The van der Waals surface area contributed by atoms with Gasteiger partial charge in [0.2, 0.25) is 0 Å². The van der Waals surface area contributed by atoms with Crippen molar-refractivity contribution in [3.63, 3.8) is 0 Å². The van der Waals surface area contributed by atoms with Crippen LogP contribution in [0.15, 0.2) is 22.7 Å². The number of hydrogen-bond donors (Lipinski definition) is 1. The van der Waals surface area contributed by atoms with Gasteiger partial charge in [0.05, 0.1) is 12.7 Å². The van der Waals surface area contributed by atoms with Crippen LogP contribution < -0.4 is 4.74 Å². The molecule has 4 heteroatoms. The summed E-state index contributed by atoms with van der Waals surface area (Å²) in [6.07, 6.45) is 1.51.